The van der Waals surface area contributed by atoms with Gasteiger partial charge in [0.05, 0.1) is 5.41 Å². The Balaban J connectivity index is 4.62. The summed E-state index contributed by atoms with van der Waals surface area (Å²) in [6, 6.07) is 0. The van der Waals surface area contributed by atoms with E-state index in [1.807, 2.05) is 0 Å². The van der Waals surface area contributed by atoms with Crippen molar-refractivity contribution in [1.29, 1.82) is 0 Å². The van der Waals surface area contributed by atoms with E-state index in [2.05, 4.69) is 6.58 Å². The number of rotatable bonds is 4. The molecule has 0 aromatic heterocycles. The molecule has 1 radical (unpaired) electrons. The van der Waals surface area contributed by atoms with Crippen molar-refractivity contribution in [1.82, 2.24) is 0 Å². The zero-order valence-electron chi connectivity index (χ0n) is 5.65. The van der Waals surface area contributed by atoms with E-state index in [0.29, 0.717) is 5.41 Å². The Labute approximate surface area is 65.0 Å². The van der Waals surface area contributed by atoms with Crippen LogP contribution in [0.15, 0.2) is 23.6 Å². The summed E-state index contributed by atoms with van der Waals surface area (Å²) >= 11 is 0. The van der Waals surface area contributed by atoms with Crippen molar-refractivity contribution in [3.05, 3.63) is 23.6 Å². The molecule has 0 aromatic rings. The Morgan fingerprint density at radius 1 is 1.64 bits per heavy atom. The molecule has 0 aliphatic carbocycles. The fourth-order valence-corrected chi connectivity index (χ4v) is 0.953. The van der Waals surface area contributed by atoms with Gasteiger partial charge in [-0.1, -0.05) is 6.08 Å². The van der Waals surface area contributed by atoms with Crippen LogP contribution in [0.1, 0.15) is 6.42 Å². The van der Waals surface area contributed by atoms with E-state index in [9.17, 15) is 13.2 Å². The summed E-state index contributed by atoms with van der Waals surface area (Å²) < 4.78 is 28.5. The molecule has 0 rings (SSSR count). The van der Waals surface area contributed by atoms with Gasteiger partial charge in [-0.05, 0) is 6.42 Å². The maximum Gasteiger partial charge on any atom is 0.288 e. The number of carbonyl (C=O) groups excluding carboxylic acids is 1. The predicted molar refractivity (Wildman–Crippen MR) is 40.1 cm³/mol. The number of hydrogen-bond donors (Lipinski definition) is 1. The van der Waals surface area contributed by atoms with Gasteiger partial charge in [0.25, 0.3) is 10.1 Å². The molecule has 0 aromatic carbocycles. The van der Waals surface area contributed by atoms with Gasteiger partial charge in [-0.15, -0.1) is 6.58 Å². The zero-order valence-corrected chi connectivity index (χ0v) is 6.47. The summed E-state index contributed by atoms with van der Waals surface area (Å²) in [4.78, 5) is 9.96. The minimum atomic E-state index is -4.23. The molecule has 0 saturated heterocycles. The van der Waals surface area contributed by atoms with Gasteiger partial charge in [-0.3, -0.25) is 9.35 Å². The summed E-state index contributed by atoms with van der Waals surface area (Å²) in [6.07, 6.45) is 2.77. The average Bonchev–Trinajstić information content (AvgIpc) is 1.84. The molecule has 5 heteroatoms. The highest BCUT2D eigenvalue weighted by atomic mass is 32.2. The highest BCUT2D eigenvalue weighted by molar-refractivity contribution is 7.88. The van der Waals surface area contributed by atoms with Gasteiger partial charge in [0, 0.05) is 5.57 Å². The van der Waals surface area contributed by atoms with E-state index in [1.165, 1.54) is 12.4 Å². The maximum atomic E-state index is 10.1. The van der Waals surface area contributed by atoms with Crippen LogP contribution in [-0.4, -0.2) is 19.3 Å². The summed E-state index contributed by atoms with van der Waals surface area (Å²) in [5.74, 6) is 0. The summed E-state index contributed by atoms with van der Waals surface area (Å²) in [5, 5.41) is 0.446. The van der Waals surface area contributed by atoms with Crippen LogP contribution in [0.3, 0.4) is 0 Å². The van der Waals surface area contributed by atoms with Gasteiger partial charge in [0.1, 0.15) is 0 Å². The first-order valence-electron chi connectivity index (χ1n) is 2.66. The molecular formula is C6H7O4S. The van der Waals surface area contributed by atoms with Crippen molar-refractivity contribution < 1.29 is 17.8 Å². The highest BCUT2D eigenvalue weighted by Gasteiger charge is 2.02. The minimum absolute atomic E-state index is 0.0727. The lowest BCUT2D eigenvalue weighted by Crippen LogP contribution is -1.94. The number of allylic oxidation sites excluding steroid dienone is 2. The molecule has 0 spiro atoms. The largest absolute Gasteiger partial charge is 0.288 e. The van der Waals surface area contributed by atoms with E-state index in [1.54, 1.807) is 0 Å². The van der Waals surface area contributed by atoms with Crippen molar-refractivity contribution in [3.8, 4) is 0 Å². The van der Waals surface area contributed by atoms with Gasteiger partial charge in [0.2, 0.25) is 6.29 Å². The molecule has 0 aliphatic rings. The molecule has 0 bridgehead atoms. The van der Waals surface area contributed by atoms with Crippen molar-refractivity contribution >= 4 is 16.4 Å². The fourth-order valence-electron chi connectivity index (χ4n) is 0.449. The molecule has 1 N–H and O–H groups in total. The average molecular weight is 175 g/mol. The van der Waals surface area contributed by atoms with Crippen molar-refractivity contribution in [2.24, 2.45) is 0 Å². The Kier molecular flexibility index (Phi) is 3.70. The lowest BCUT2D eigenvalue weighted by molar-refractivity contribution is 0.494. The van der Waals surface area contributed by atoms with Crippen LogP contribution in [0, 0.1) is 0 Å². The van der Waals surface area contributed by atoms with E-state index < -0.39 is 10.1 Å². The van der Waals surface area contributed by atoms with E-state index in [4.69, 9.17) is 4.55 Å². The smallest absolute Gasteiger partial charge is 0.285 e. The Morgan fingerprint density at radius 2 is 2.18 bits per heavy atom. The van der Waals surface area contributed by atoms with Gasteiger partial charge in [0.15, 0.2) is 0 Å². The lowest BCUT2D eigenvalue weighted by atomic mass is 10.2. The molecule has 0 atom stereocenters. The molecular weight excluding hydrogens is 168 g/mol. The monoisotopic (exact) mass is 175 g/mol. The normalized spacial score (nSPS) is 12.6. The van der Waals surface area contributed by atoms with Gasteiger partial charge < -0.3 is 0 Å². The van der Waals surface area contributed by atoms with Gasteiger partial charge >= 0.3 is 0 Å². The quantitative estimate of drug-likeness (QED) is 0.382. The van der Waals surface area contributed by atoms with E-state index >= 15 is 0 Å². The molecule has 0 amide bonds. The highest BCUT2D eigenvalue weighted by Crippen LogP contribution is 2.00. The van der Waals surface area contributed by atoms with Crippen molar-refractivity contribution in [3.63, 3.8) is 0 Å². The second-order valence-electron chi connectivity index (χ2n) is 1.75. The molecule has 0 saturated carbocycles. The Bertz CT molecular complexity index is 273. The predicted octanol–water partition coefficient (Wildman–Crippen LogP) is 0.444. The topological polar surface area (TPSA) is 71.4 Å². The molecule has 0 unspecified atom stereocenters. The van der Waals surface area contributed by atoms with Crippen LogP contribution in [0.4, 0.5) is 0 Å². The summed E-state index contributed by atoms with van der Waals surface area (Å²) in [6.45, 7) is 3.28. The molecule has 0 fully saturated rings. The third-order valence-corrected chi connectivity index (χ3v) is 1.37. The first-order valence-corrected chi connectivity index (χ1v) is 4.17. The van der Waals surface area contributed by atoms with E-state index in [-0.39, 0.29) is 12.0 Å². The van der Waals surface area contributed by atoms with Crippen LogP contribution >= 0.6 is 0 Å². The van der Waals surface area contributed by atoms with Crippen molar-refractivity contribution in [2.75, 3.05) is 0 Å². The second kappa shape index (κ2) is 4.05. The van der Waals surface area contributed by atoms with Gasteiger partial charge in [-0.25, -0.2) is 0 Å². The lowest BCUT2D eigenvalue weighted by Gasteiger charge is -1.89. The standard InChI is InChI=1S/C6H7O4S/c1-2-3-6(4-7)5-11(8,9)10/h2,5H,1,3H2,(H,8,9,10). The van der Waals surface area contributed by atoms with E-state index in [0.717, 1.165) is 0 Å². The van der Waals surface area contributed by atoms with Crippen LogP contribution in [0.25, 0.3) is 0 Å². The Morgan fingerprint density at radius 3 is 2.45 bits per heavy atom. The first-order chi connectivity index (χ1) is 4.99. The summed E-state index contributed by atoms with van der Waals surface area (Å²) in [5.41, 5.74) is -0.150. The first kappa shape index (κ1) is 10.1. The molecule has 4 nitrogen and oxygen atoms in total. The molecule has 61 valence electrons. The van der Waals surface area contributed by atoms with Gasteiger partial charge in [-0.2, -0.15) is 8.42 Å². The van der Waals surface area contributed by atoms with Crippen molar-refractivity contribution in [2.45, 2.75) is 6.42 Å². The van der Waals surface area contributed by atoms with Crippen LogP contribution in [0.2, 0.25) is 0 Å². The number of hydrogen-bond acceptors (Lipinski definition) is 3. The minimum Gasteiger partial charge on any atom is -0.285 e. The molecule has 11 heavy (non-hydrogen) atoms. The fraction of sp³-hybridized carbons (Fsp3) is 0.167. The third-order valence-electron chi connectivity index (χ3n) is 0.787. The molecule has 0 heterocycles. The third kappa shape index (κ3) is 5.50. The molecule has 0 aliphatic heterocycles. The Hall–Kier alpha value is -0.940. The SMILES string of the molecule is C=CCC([C]=O)=CS(=O)(=O)O. The maximum absolute atomic E-state index is 10.1. The summed E-state index contributed by atoms with van der Waals surface area (Å²) in [7, 11) is -4.23. The van der Waals surface area contributed by atoms with Crippen LogP contribution < -0.4 is 0 Å². The van der Waals surface area contributed by atoms with Crippen LogP contribution in [-0.2, 0) is 14.9 Å². The zero-order chi connectivity index (χ0) is 8.91. The second-order valence-corrected chi connectivity index (χ2v) is 3.02. The van der Waals surface area contributed by atoms with Crippen LogP contribution in [0.5, 0.6) is 0 Å².